The maximum atomic E-state index is 12.7. The van der Waals surface area contributed by atoms with E-state index >= 15 is 0 Å². The number of nitrogens with zero attached hydrogens (tertiary/aromatic N) is 4. The Labute approximate surface area is 213 Å². The highest BCUT2D eigenvalue weighted by atomic mass is 79.9. The van der Waals surface area contributed by atoms with Gasteiger partial charge in [-0.1, -0.05) is 40.9 Å². The highest BCUT2D eigenvalue weighted by Crippen LogP contribution is 2.25. The van der Waals surface area contributed by atoms with E-state index < -0.39 is 5.91 Å². The predicted molar refractivity (Wildman–Crippen MR) is 132 cm³/mol. The summed E-state index contributed by atoms with van der Waals surface area (Å²) in [6.45, 7) is 2.51. The zero-order chi connectivity index (χ0) is 23.5. The van der Waals surface area contributed by atoms with Crippen molar-refractivity contribution < 1.29 is 9.53 Å². The highest BCUT2D eigenvalue weighted by molar-refractivity contribution is 9.10. The van der Waals surface area contributed by atoms with Gasteiger partial charge >= 0.3 is 0 Å². The number of anilines is 1. The fourth-order valence-corrected chi connectivity index (χ4v) is 3.99. The van der Waals surface area contributed by atoms with Crippen LogP contribution in [-0.4, -0.2) is 25.5 Å². The van der Waals surface area contributed by atoms with Crippen molar-refractivity contribution in [2.45, 2.75) is 20.2 Å². The lowest BCUT2D eigenvalue weighted by molar-refractivity contribution is 0.101. The summed E-state index contributed by atoms with van der Waals surface area (Å²) in [5.74, 6) is 0.678. The molecule has 0 spiro atoms. The quantitative estimate of drug-likeness (QED) is 0.278. The Bertz CT molecular complexity index is 1320. The maximum Gasteiger partial charge on any atom is 0.277 e. The zero-order valence-electron chi connectivity index (χ0n) is 17.2. The number of hydrogen-bond donors (Lipinski definition) is 1. The van der Waals surface area contributed by atoms with Crippen molar-refractivity contribution in [2.24, 2.45) is 0 Å². The molecule has 2 heterocycles. The number of rotatable bonds is 7. The van der Waals surface area contributed by atoms with E-state index in [0.29, 0.717) is 37.7 Å². The van der Waals surface area contributed by atoms with Crippen molar-refractivity contribution in [3.63, 3.8) is 0 Å². The van der Waals surface area contributed by atoms with E-state index in [-0.39, 0.29) is 12.4 Å². The summed E-state index contributed by atoms with van der Waals surface area (Å²) in [7, 11) is 0. The summed E-state index contributed by atoms with van der Waals surface area (Å²) < 4.78 is 9.60. The van der Waals surface area contributed by atoms with Crippen LogP contribution in [0.15, 0.2) is 59.3 Å². The molecular formula is C22H17BrCl3N5O2. The van der Waals surface area contributed by atoms with E-state index in [1.54, 1.807) is 47.4 Å². The molecule has 2 aromatic carbocycles. The Kier molecular flexibility index (Phi) is 7.29. The second kappa shape index (κ2) is 10.2. The topological polar surface area (TPSA) is 74.0 Å². The molecule has 0 saturated heterocycles. The molecule has 11 heteroatoms. The van der Waals surface area contributed by atoms with Crippen molar-refractivity contribution >= 4 is 62.5 Å². The Balaban J connectivity index is 1.38. The number of benzene rings is 2. The average molecular weight is 570 g/mol. The molecule has 33 heavy (non-hydrogen) atoms. The molecule has 0 saturated carbocycles. The second-order valence-corrected chi connectivity index (χ2v) is 9.25. The van der Waals surface area contributed by atoms with Gasteiger partial charge in [0.15, 0.2) is 18.2 Å². The lowest BCUT2D eigenvalue weighted by Crippen LogP contribution is -2.15. The third-order valence-corrected chi connectivity index (χ3v) is 6.19. The number of ether oxygens (including phenoxy) is 1. The fraction of sp³-hybridized carbons (Fsp3) is 0.136. The smallest absolute Gasteiger partial charge is 0.277 e. The third kappa shape index (κ3) is 5.89. The van der Waals surface area contributed by atoms with Gasteiger partial charge in [-0.3, -0.25) is 9.48 Å². The molecule has 7 nitrogen and oxygen atoms in total. The van der Waals surface area contributed by atoms with E-state index in [4.69, 9.17) is 39.5 Å². The maximum absolute atomic E-state index is 12.7. The molecule has 0 unspecified atom stereocenters. The molecule has 0 fully saturated rings. The van der Waals surface area contributed by atoms with Crippen LogP contribution in [-0.2, 0) is 13.3 Å². The van der Waals surface area contributed by atoms with Crippen molar-refractivity contribution in [1.29, 1.82) is 0 Å². The first-order chi connectivity index (χ1) is 15.8. The van der Waals surface area contributed by atoms with E-state index in [1.807, 2.05) is 19.1 Å². The summed E-state index contributed by atoms with van der Waals surface area (Å²) >= 11 is 21.4. The van der Waals surface area contributed by atoms with Gasteiger partial charge in [0.05, 0.1) is 21.1 Å². The van der Waals surface area contributed by atoms with Gasteiger partial charge in [-0.05, 0) is 70.4 Å². The SMILES string of the molecule is Cc1cc(Cl)ccc1OCn1ccc(C(=O)Nc2nn(Cc3ccc(Cl)c(Cl)c3)cc2Br)n1. The van der Waals surface area contributed by atoms with Crippen LogP contribution < -0.4 is 10.1 Å². The van der Waals surface area contributed by atoms with Crippen LogP contribution >= 0.6 is 50.7 Å². The van der Waals surface area contributed by atoms with Crippen LogP contribution in [0.4, 0.5) is 5.82 Å². The number of nitrogens with one attached hydrogen (secondary N) is 1. The molecule has 4 rings (SSSR count). The van der Waals surface area contributed by atoms with Gasteiger partial charge in [-0.15, -0.1) is 0 Å². The standard InChI is InChI=1S/C22H17BrCl3N5O2/c1-13-8-15(24)3-5-20(13)33-12-30-7-6-19(28-30)22(32)27-21-16(23)11-31(29-21)10-14-2-4-17(25)18(26)9-14/h2-9,11H,10,12H2,1H3,(H,27,29,32). The van der Waals surface area contributed by atoms with E-state index in [2.05, 4.69) is 31.4 Å². The molecule has 1 amide bonds. The largest absolute Gasteiger partial charge is 0.471 e. The molecule has 0 atom stereocenters. The molecule has 0 radical (unpaired) electrons. The Morgan fingerprint density at radius 1 is 1.06 bits per heavy atom. The van der Waals surface area contributed by atoms with Gasteiger partial charge in [-0.2, -0.15) is 10.2 Å². The van der Waals surface area contributed by atoms with E-state index in [0.717, 1.165) is 11.1 Å². The van der Waals surface area contributed by atoms with Crippen molar-refractivity contribution in [3.8, 4) is 5.75 Å². The van der Waals surface area contributed by atoms with E-state index in [1.165, 1.54) is 4.68 Å². The minimum atomic E-state index is -0.392. The number of carbonyl (C=O) groups is 1. The first-order valence-corrected chi connectivity index (χ1v) is 11.6. The van der Waals surface area contributed by atoms with Crippen LogP contribution in [0.1, 0.15) is 21.6 Å². The molecular weight excluding hydrogens is 553 g/mol. The molecule has 0 aliphatic heterocycles. The molecule has 4 aromatic rings. The summed E-state index contributed by atoms with van der Waals surface area (Å²) in [6, 6.07) is 12.3. The number of hydrogen-bond acceptors (Lipinski definition) is 4. The molecule has 170 valence electrons. The average Bonchev–Trinajstić information content (AvgIpc) is 3.37. The highest BCUT2D eigenvalue weighted by Gasteiger charge is 2.15. The van der Waals surface area contributed by atoms with Crippen LogP contribution in [0.2, 0.25) is 15.1 Å². The second-order valence-electron chi connectivity index (χ2n) is 7.15. The monoisotopic (exact) mass is 567 g/mol. The lowest BCUT2D eigenvalue weighted by atomic mass is 10.2. The number of aromatic nitrogens is 4. The summed E-state index contributed by atoms with van der Waals surface area (Å²) in [6.07, 6.45) is 3.43. The Morgan fingerprint density at radius 3 is 2.64 bits per heavy atom. The van der Waals surface area contributed by atoms with E-state index in [9.17, 15) is 4.79 Å². The lowest BCUT2D eigenvalue weighted by Gasteiger charge is -2.09. The fourth-order valence-electron chi connectivity index (χ4n) is 3.02. The van der Waals surface area contributed by atoms with Gasteiger partial charge in [0.25, 0.3) is 5.91 Å². The minimum Gasteiger partial charge on any atom is -0.471 e. The van der Waals surface area contributed by atoms with Gasteiger partial charge in [-0.25, -0.2) is 4.68 Å². The number of halogens is 4. The predicted octanol–water partition coefficient (Wildman–Crippen LogP) is 6.45. The number of carbonyl (C=O) groups excluding carboxylic acids is 1. The third-order valence-electron chi connectivity index (χ3n) is 4.64. The van der Waals surface area contributed by atoms with Crippen LogP contribution in [0.25, 0.3) is 0 Å². The first kappa shape index (κ1) is 23.6. The van der Waals surface area contributed by atoms with Gasteiger partial charge < -0.3 is 10.1 Å². The van der Waals surface area contributed by atoms with Gasteiger partial charge in [0, 0.05) is 17.4 Å². The first-order valence-electron chi connectivity index (χ1n) is 9.69. The van der Waals surface area contributed by atoms with Crippen LogP contribution in [0.3, 0.4) is 0 Å². The zero-order valence-corrected chi connectivity index (χ0v) is 21.1. The molecule has 0 aliphatic carbocycles. The van der Waals surface area contributed by atoms with Crippen LogP contribution in [0, 0.1) is 6.92 Å². The molecule has 1 N–H and O–H groups in total. The Hall–Kier alpha value is -2.52. The van der Waals surface area contributed by atoms with Crippen LogP contribution in [0.5, 0.6) is 5.75 Å². The molecule has 0 bridgehead atoms. The van der Waals surface area contributed by atoms with Crippen molar-refractivity contribution in [3.05, 3.63) is 91.2 Å². The van der Waals surface area contributed by atoms with Crippen molar-refractivity contribution in [2.75, 3.05) is 5.32 Å². The molecule has 0 aliphatic rings. The Morgan fingerprint density at radius 2 is 1.88 bits per heavy atom. The van der Waals surface area contributed by atoms with Gasteiger partial charge in [0.1, 0.15) is 5.75 Å². The normalized spacial score (nSPS) is 10.9. The molecule has 2 aromatic heterocycles. The minimum absolute atomic E-state index is 0.151. The van der Waals surface area contributed by atoms with Crippen molar-refractivity contribution in [1.82, 2.24) is 19.6 Å². The summed E-state index contributed by atoms with van der Waals surface area (Å²) in [5, 5.41) is 13.0. The number of aryl methyl sites for hydroxylation is 1. The summed E-state index contributed by atoms with van der Waals surface area (Å²) in [4.78, 5) is 12.7. The summed E-state index contributed by atoms with van der Waals surface area (Å²) in [5.41, 5.74) is 2.07. The van der Waals surface area contributed by atoms with Gasteiger partial charge in [0.2, 0.25) is 0 Å². The number of amides is 1.